The Hall–Kier alpha value is -2.70. The minimum Gasteiger partial charge on any atom is -0.378 e. The Balaban J connectivity index is 1.43. The Morgan fingerprint density at radius 3 is 2.61 bits per heavy atom. The zero-order chi connectivity index (χ0) is 22.6. The molecule has 3 aromatic rings. The lowest BCUT2D eigenvalue weighted by Crippen LogP contribution is -2.42. The lowest BCUT2D eigenvalue weighted by atomic mass is 10.1. The molecule has 1 amide bonds. The van der Waals surface area contributed by atoms with Gasteiger partial charge in [-0.3, -0.25) is 4.79 Å². The minimum atomic E-state index is 0.173. The van der Waals surface area contributed by atoms with E-state index in [0.29, 0.717) is 50.2 Å². The van der Waals surface area contributed by atoms with Crippen LogP contribution in [0.5, 0.6) is 0 Å². The summed E-state index contributed by atoms with van der Waals surface area (Å²) in [6, 6.07) is 16.3. The van der Waals surface area contributed by atoms with Crippen molar-refractivity contribution < 1.29 is 9.53 Å². The van der Waals surface area contributed by atoms with E-state index < -0.39 is 0 Å². The lowest BCUT2D eigenvalue weighted by molar-refractivity contribution is -0.135. The summed E-state index contributed by atoms with van der Waals surface area (Å²) in [6.07, 6.45) is 3.59. The summed E-state index contributed by atoms with van der Waals surface area (Å²) in [5.74, 6) is 2.40. The predicted octanol–water partition coefficient (Wildman–Crippen LogP) is 4.46. The molecule has 0 unspecified atom stereocenters. The standard InChI is InChI=1S/C26H29ClN4O2/c27-21-8-9-22-23(18-21)28-25(20-6-7-20)29-26(22)31(12-10-19-4-2-1-3-5-19)13-11-24(32)30-14-16-33-17-15-30/h1-5,8-9,18,20H,6-7,10-17H2. The molecule has 1 saturated carbocycles. The molecule has 2 heterocycles. The van der Waals surface area contributed by atoms with Gasteiger partial charge in [0, 0.05) is 48.9 Å². The number of carbonyl (C=O) groups is 1. The van der Waals surface area contributed by atoms with Crippen molar-refractivity contribution in [3.63, 3.8) is 0 Å². The molecule has 2 aliphatic rings. The largest absolute Gasteiger partial charge is 0.378 e. The zero-order valence-electron chi connectivity index (χ0n) is 18.8. The zero-order valence-corrected chi connectivity index (χ0v) is 19.5. The van der Waals surface area contributed by atoms with Gasteiger partial charge in [-0.2, -0.15) is 0 Å². The lowest BCUT2D eigenvalue weighted by Gasteiger charge is -2.29. The fourth-order valence-electron chi connectivity index (χ4n) is 4.30. The average molecular weight is 465 g/mol. The summed E-state index contributed by atoms with van der Waals surface area (Å²) in [6.45, 7) is 3.96. The van der Waals surface area contributed by atoms with Gasteiger partial charge >= 0.3 is 0 Å². The molecule has 0 N–H and O–H groups in total. The first-order chi connectivity index (χ1) is 16.2. The average Bonchev–Trinajstić information content (AvgIpc) is 3.70. The molecule has 7 heteroatoms. The summed E-state index contributed by atoms with van der Waals surface area (Å²) in [5, 5.41) is 1.66. The van der Waals surface area contributed by atoms with Crippen LogP contribution < -0.4 is 4.90 Å². The first kappa shape index (κ1) is 22.1. The van der Waals surface area contributed by atoms with Crippen molar-refractivity contribution in [3.8, 4) is 0 Å². The molecule has 6 nitrogen and oxygen atoms in total. The van der Waals surface area contributed by atoms with E-state index in [0.717, 1.165) is 48.4 Å². The number of morpholine rings is 1. The third kappa shape index (κ3) is 5.45. The van der Waals surface area contributed by atoms with Crippen LogP contribution in [0.3, 0.4) is 0 Å². The first-order valence-corrected chi connectivity index (χ1v) is 12.2. The van der Waals surface area contributed by atoms with Gasteiger partial charge in [0.15, 0.2) is 0 Å². The second kappa shape index (κ2) is 10.1. The smallest absolute Gasteiger partial charge is 0.224 e. The number of rotatable bonds is 8. The molecular formula is C26H29ClN4O2. The van der Waals surface area contributed by atoms with Crippen LogP contribution >= 0.6 is 11.6 Å². The Morgan fingerprint density at radius 1 is 1.06 bits per heavy atom. The van der Waals surface area contributed by atoms with E-state index in [1.165, 1.54) is 5.56 Å². The first-order valence-electron chi connectivity index (χ1n) is 11.8. The Bertz CT molecular complexity index is 1110. The van der Waals surface area contributed by atoms with E-state index in [-0.39, 0.29) is 5.91 Å². The number of nitrogens with zero attached hydrogens (tertiary/aromatic N) is 4. The highest BCUT2D eigenvalue weighted by atomic mass is 35.5. The van der Waals surface area contributed by atoms with Crippen LogP contribution in [0.25, 0.3) is 10.9 Å². The van der Waals surface area contributed by atoms with Crippen molar-refractivity contribution in [3.05, 3.63) is 64.9 Å². The van der Waals surface area contributed by atoms with E-state index in [4.69, 9.17) is 26.3 Å². The third-order valence-electron chi connectivity index (χ3n) is 6.37. The fourth-order valence-corrected chi connectivity index (χ4v) is 4.47. The second-order valence-corrected chi connectivity index (χ2v) is 9.24. The van der Waals surface area contributed by atoms with Gasteiger partial charge in [0.2, 0.25) is 5.91 Å². The van der Waals surface area contributed by atoms with Crippen LogP contribution in [-0.4, -0.2) is 60.2 Å². The molecule has 5 rings (SSSR count). The van der Waals surface area contributed by atoms with E-state index in [9.17, 15) is 4.79 Å². The summed E-state index contributed by atoms with van der Waals surface area (Å²) < 4.78 is 5.40. The maximum Gasteiger partial charge on any atom is 0.224 e. The number of hydrogen-bond donors (Lipinski definition) is 0. The third-order valence-corrected chi connectivity index (χ3v) is 6.61. The van der Waals surface area contributed by atoms with Crippen LogP contribution in [0.1, 0.15) is 36.6 Å². The van der Waals surface area contributed by atoms with Crippen molar-refractivity contribution in [2.24, 2.45) is 0 Å². The number of aromatic nitrogens is 2. The Labute approximate surface area is 199 Å². The maximum atomic E-state index is 12.9. The summed E-state index contributed by atoms with van der Waals surface area (Å²) in [7, 11) is 0. The van der Waals surface area contributed by atoms with Gasteiger partial charge < -0.3 is 14.5 Å². The van der Waals surface area contributed by atoms with E-state index in [1.54, 1.807) is 0 Å². The van der Waals surface area contributed by atoms with Gasteiger partial charge in [-0.15, -0.1) is 0 Å². The molecule has 0 bridgehead atoms. The van der Waals surface area contributed by atoms with Crippen molar-refractivity contribution in [1.29, 1.82) is 0 Å². The number of fused-ring (bicyclic) bond motifs is 1. The molecule has 2 fully saturated rings. The molecule has 0 spiro atoms. The molecule has 1 aromatic heterocycles. The van der Waals surface area contributed by atoms with Gasteiger partial charge in [-0.05, 0) is 43.0 Å². The molecule has 172 valence electrons. The van der Waals surface area contributed by atoms with Crippen LogP contribution in [0.4, 0.5) is 5.82 Å². The molecule has 1 aliphatic heterocycles. The number of amides is 1. The van der Waals surface area contributed by atoms with E-state index >= 15 is 0 Å². The second-order valence-electron chi connectivity index (χ2n) is 8.81. The predicted molar refractivity (Wildman–Crippen MR) is 131 cm³/mol. The molecule has 33 heavy (non-hydrogen) atoms. The van der Waals surface area contributed by atoms with E-state index in [1.807, 2.05) is 29.2 Å². The normalized spacial score (nSPS) is 16.2. The summed E-state index contributed by atoms with van der Waals surface area (Å²) in [4.78, 5) is 26.9. The molecular weight excluding hydrogens is 436 g/mol. The monoisotopic (exact) mass is 464 g/mol. The van der Waals surface area contributed by atoms with Crippen LogP contribution in [0.15, 0.2) is 48.5 Å². The number of hydrogen-bond acceptors (Lipinski definition) is 5. The van der Waals surface area contributed by atoms with Gasteiger partial charge in [0.05, 0.1) is 18.7 Å². The van der Waals surface area contributed by atoms with Gasteiger partial charge in [-0.25, -0.2) is 9.97 Å². The molecule has 0 atom stereocenters. The van der Waals surface area contributed by atoms with Crippen LogP contribution in [0.2, 0.25) is 5.02 Å². The van der Waals surface area contributed by atoms with E-state index in [2.05, 4.69) is 29.2 Å². The van der Waals surface area contributed by atoms with Crippen molar-refractivity contribution in [2.75, 3.05) is 44.3 Å². The minimum absolute atomic E-state index is 0.173. The molecule has 2 aromatic carbocycles. The summed E-state index contributed by atoms with van der Waals surface area (Å²) >= 11 is 6.29. The maximum absolute atomic E-state index is 12.9. The number of halogens is 1. The van der Waals surface area contributed by atoms with Crippen molar-refractivity contribution >= 4 is 34.2 Å². The summed E-state index contributed by atoms with van der Waals surface area (Å²) in [5.41, 5.74) is 2.14. The Kier molecular flexibility index (Phi) is 6.74. The molecule has 1 saturated heterocycles. The highest BCUT2D eigenvalue weighted by Crippen LogP contribution is 2.40. The van der Waals surface area contributed by atoms with Crippen LogP contribution in [-0.2, 0) is 16.0 Å². The van der Waals surface area contributed by atoms with Crippen LogP contribution in [0, 0.1) is 0 Å². The van der Waals surface area contributed by atoms with Gasteiger partial charge in [0.1, 0.15) is 11.6 Å². The topological polar surface area (TPSA) is 58.6 Å². The molecule has 0 radical (unpaired) electrons. The van der Waals surface area contributed by atoms with Crippen molar-refractivity contribution in [2.45, 2.75) is 31.6 Å². The molecule has 1 aliphatic carbocycles. The Morgan fingerprint density at radius 2 is 1.85 bits per heavy atom. The highest BCUT2D eigenvalue weighted by Gasteiger charge is 2.29. The quantitative estimate of drug-likeness (QED) is 0.492. The highest BCUT2D eigenvalue weighted by molar-refractivity contribution is 6.31. The van der Waals surface area contributed by atoms with Gasteiger partial charge in [0.25, 0.3) is 0 Å². The fraction of sp³-hybridized carbons (Fsp3) is 0.423. The van der Waals surface area contributed by atoms with Gasteiger partial charge in [-0.1, -0.05) is 41.9 Å². The number of ether oxygens (including phenoxy) is 1. The number of anilines is 1. The SMILES string of the molecule is O=C(CCN(CCc1ccccc1)c1nc(C2CC2)nc2cc(Cl)ccc12)N1CCOCC1. The van der Waals surface area contributed by atoms with Crippen molar-refractivity contribution in [1.82, 2.24) is 14.9 Å². The number of benzene rings is 2. The number of carbonyl (C=O) groups excluding carboxylic acids is 1.